The van der Waals surface area contributed by atoms with Gasteiger partial charge in [-0.25, -0.2) is 9.97 Å². The van der Waals surface area contributed by atoms with Gasteiger partial charge in [0.1, 0.15) is 23.6 Å². The highest BCUT2D eigenvalue weighted by molar-refractivity contribution is 5.53. The molecule has 0 saturated carbocycles. The summed E-state index contributed by atoms with van der Waals surface area (Å²) in [5.74, 6) is 2.72. The van der Waals surface area contributed by atoms with Crippen LogP contribution in [0.25, 0.3) is 17.2 Å². The molecule has 1 aliphatic heterocycles. The maximum atomic E-state index is 10.3. The van der Waals surface area contributed by atoms with E-state index in [1.165, 1.54) is 0 Å². The predicted octanol–water partition coefficient (Wildman–Crippen LogP) is 3.37. The first-order valence-corrected chi connectivity index (χ1v) is 10.1. The van der Waals surface area contributed by atoms with Crippen molar-refractivity contribution in [3.05, 3.63) is 66.7 Å². The lowest BCUT2D eigenvalue weighted by Gasteiger charge is -2.22. The summed E-state index contributed by atoms with van der Waals surface area (Å²) in [6.07, 6.45) is 8.93. The van der Waals surface area contributed by atoms with Crippen molar-refractivity contribution < 1.29 is 14.4 Å². The fourth-order valence-corrected chi connectivity index (χ4v) is 3.87. The summed E-state index contributed by atoms with van der Waals surface area (Å²) in [7, 11) is 1.58. The largest absolute Gasteiger partial charge is 0.507 e. The highest BCUT2D eigenvalue weighted by atomic mass is 16.5. The number of ether oxygens (including phenoxy) is 1. The molecule has 1 fully saturated rings. The average molecular weight is 418 g/mol. The molecular weight excluding hydrogens is 396 g/mol. The molecule has 4 aromatic rings. The van der Waals surface area contributed by atoms with Crippen molar-refractivity contribution in [3.63, 3.8) is 0 Å². The highest BCUT2D eigenvalue weighted by Gasteiger charge is 2.31. The van der Waals surface area contributed by atoms with E-state index < -0.39 is 0 Å². The van der Waals surface area contributed by atoms with Gasteiger partial charge in [-0.2, -0.15) is 4.98 Å². The van der Waals surface area contributed by atoms with Crippen LogP contribution in [0, 0.1) is 0 Å². The molecule has 1 N–H and O–H groups in total. The van der Waals surface area contributed by atoms with Crippen molar-refractivity contribution in [2.45, 2.75) is 25.4 Å². The van der Waals surface area contributed by atoms with Gasteiger partial charge in [0.25, 0.3) is 0 Å². The molecule has 0 bridgehead atoms. The number of hydrogen-bond donors (Lipinski definition) is 1. The second-order valence-electron chi connectivity index (χ2n) is 7.45. The van der Waals surface area contributed by atoms with Crippen LogP contribution in [0.15, 0.2) is 59.8 Å². The fraction of sp³-hybridized carbons (Fsp3) is 0.273. The number of pyridine rings is 1. The number of hydrogen-bond acceptors (Lipinski definition) is 8. The van der Waals surface area contributed by atoms with E-state index in [0.29, 0.717) is 24.0 Å². The highest BCUT2D eigenvalue weighted by Crippen LogP contribution is 2.35. The molecule has 1 atom stereocenters. The van der Waals surface area contributed by atoms with Crippen LogP contribution in [-0.2, 0) is 6.54 Å². The van der Waals surface area contributed by atoms with Gasteiger partial charge < -0.3 is 14.4 Å². The second-order valence-corrected chi connectivity index (χ2v) is 7.45. The molecule has 0 radical (unpaired) electrons. The van der Waals surface area contributed by atoms with Crippen molar-refractivity contribution in [2.24, 2.45) is 0 Å². The fourth-order valence-electron chi connectivity index (χ4n) is 3.87. The van der Waals surface area contributed by atoms with Crippen molar-refractivity contribution in [1.29, 1.82) is 0 Å². The minimum Gasteiger partial charge on any atom is -0.507 e. The Morgan fingerprint density at radius 1 is 1.26 bits per heavy atom. The van der Waals surface area contributed by atoms with Crippen molar-refractivity contribution in [2.75, 3.05) is 13.7 Å². The predicted molar refractivity (Wildman–Crippen MR) is 112 cm³/mol. The zero-order valence-electron chi connectivity index (χ0n) is 17.0. The van der Waals surface area contributed by atoms with Crippen molar-refractivity contribution in [3.8, 4) is 28.7 Å². The standard InChI is InChI=1S/C22H22N6O3/c1-30-17-6-4-16(19(29)11-17)13-27-9-2-3-18(27)22-25-21(26-31-22)15-5-7-20(24-12-15)28-10-8-23-14-28/h4-8,10-12,14,18,29H,2-3,9,13H2,1H3/t18-/m0/s1. The van der Waals surface area contributed by atoms with Gasteiger partial charge in [0, 0.05) is 42.3 Å². The molecule has 0 spiro atoms. The van der Waals surface area contributed by atoms with Crippen LogP contribution in [0.3, 0.4) is 0 Å². The maximum absolute atomic E-state index is 10.3. The van der Waals surface area contributed by atoms with Gasteiger partial charge in [-0.15, -0.1) is 0 Å². The Labute approximate surface area is 178 Å². The molecule has 3 aromatic heterocycles. The molecule has 4 heterocycles. The third-order valence-electron chi connectivity index (χ3n) is 5.53. The number of imidazole rings is 1. The Morgan fingerprint density at radius 2 is 2.19 bits per heavy atom. The summed E-state index contributed by atoms with van der Waals surface area (Å²) in [4.78, 5) is 15.4. The maximum Gasteiger partial charge on any atom is 0.244 e. The lowest BCUT2D eigenvalue weighted by atomic mass is 10.1. The molecule has 0 unspecified atom stereocenters. The number of benzene rings is 1. The molecule has 0 amide bonds. The van der Waals surface area contributed by atoms with Crippen LogP contribution < -0.4 is 4.74 Å². The molecule has 5 rings (SSSR count). The van der Waals surface area contributed by atoms with Gasteiger partial charge in [0.05, 0.1) is 13.2 Å². The van der Waals surface area contributed by atoms with E-state index in [4.69, 9.17) is 9.26 Å². The number of nitrogens with zero attached hydrogens (tertiary/aromatic N) is 6. The van der Waals surface area contributed by atoms with Crippen LogP contribution in [0.5, 0.6) is 11.5 Å². The zero-order valence-corrected chi connectivity index (χ0v) is 17.0. The van der Waals surface area contributed by atoms with Gasteiger partial charge in [-0.05, 0) is 37.6 Å². The van der Waals surface area contributed by atoms with E-state index in [9.17, 15) is 5.11 Å². The van der Waals surface area contributed by atoms with Gasteiger partial charge in [0.2, 0.25) is 11.7 Å². The van der Waals surface area contributed by atoms with E-state index in [1.54, 1.807) is 31.9 Å². The molecular formula is C22H22N6O3. The summed E-state index contributed by atoms with van der Waals surface area (Å²) < 4.78 is 12.6. The first-order valence-electron chi connectivity index (χ1n) is 10.1. The normalized spacial score (nSPS) is 16.6. The van der Waals surface area contributed by atoms with Crippen LogP contribution in [0.1, 0.15) is 30.3 Å². The third kappa shape index (κ3) is 3.87. The van der Waals surface area contributed by atoms with E-state index in [-0.39, 0.29) is 11.8 Å². The van der Waals surface area contributed by atoms with Crippen molar-refractivity contribution >= 4 is 0 Å². The number of likely N-dealkylation sites (tertiary alicyclic amines) is 1. The van der Waals surface area contributed by atoms with E-state index in [1.807, 2.05) is 35.0 Å². The van der Waals surface area contributed by atoms with Crippen LogP contribution in [0.2, 0.25) is 0 Å². The molecule has 1 aromatic carbocycles. The van der Waals surface area contributed by atoms with Gasteiger partial charge in [-0.3, -0.25) is 9.47 Å². The third-order valence-corrected chi connectivity index (χ3v) is 5.53. The lowest BCUT2D eigenvalue weighted by molar-refractivity contribution is 0.199. The molecule has 158 valence electrons. The summed E-state index contributed by atoms with van der Waals surface area (Å²) in [6, 6.07) is 9.19. The molecule has 9 heteroatoms. The Hall–Kier alpha value is -3.72. The summed E-state index contributed by atoms with van der Waals surface area (Å²) >= 11 is 0. The summed E-state index contributed by atoms with van der Waals surface area (Å²) in [5.41, 5.74) is 1.63. The number of methoxy groups -OCH3 is 1. The first kappa shape index (κ1) is 19.3. The molecule has 31 heavy (non-hydrogen) atoms. The monoisotopic (exact) mass is 418 g/mol. The number of aromatic hydroxyl groups is 1. The quantitative estimate of drug-likeness (QED) is 0.508. The Balaban J connectivity index is 1.32. The number of aromatic nitrogens is 5. The smallest absolute Gasteiger partial charge is 0.244 e. The van der Waals surface area contributed by atoms with Crippen LogP contribution >= 0.6 is 0 Å². The molecule has 1 aliphatic rings. The SMILES string of the molecule is COc1ccc(CN2CCC[C@H]2c2nc(-c3ccc(-n4ccnc4)nc3)no2)c(O)c1. The van der Waals surface area contributed by atoms with E-state index >= 15 is 0 Å². The first-order chi connectivity index (χ1) is 15.2. The Kier molecular flexibility index (Phi) is 5.09. The minimum atomic E-state index is 0.0148. The Morgan fingerprint density at radius 3 is 2.94 bits per heavy atom. The van der Waals surface area contributed by atoms with Crippen LogP contribution in [-0.4, -0.2) is 48.3 Å². The topological polar surface area (TPSA) is 102 Å². The van der Waals surface area contributed by atoms with E-state index in [2.05, 4.69) is 25.0 Å². The summed E-state index contributed by atoms with van der Waals surface area (Å²) in [6.45, 7) is 1.49. The van der Waals surface area contributed by atoms with Gasteiger partial charge >= 0.3 is 0 Å². The van der Waals surface area contributed by atoms with E-state index in [0.717, 1.165) is 36.3 Å². The second kappa shape index (κ2) is 8.19. The molecule has 0 aliphatic carbocycles. The molecule has 1 saturated heterocycles. The zero-order chi connectivity index (χ0) is 21.2. The molecule has 9 nitrogen and oxygen atoms in total. The minimum absolute atomic E-state index is 0.0148. The van der Waals surface area contributed by atoms with Crippen molar-refractivity contribution in [1.82, 2.24) is 29.6 Å². The Bertz CT molecular complexity index is 1160. The summed E-state index contributed by atoms with van der Waals surface area (Å²) in [5, 5.41) is 14.5. The van der Waals surface area contributed by atoms with Gasteiger partial charge in [0.15, 0.2) is 0 Å². The number of phenolic OH excluding ortho intramolecular Hbond substituents is 1. The average Bonchev–Trinajstić information content (AvgIpc) is 3.56. The number of rotatable bonds is 6. The van der Waals surface area contributed by atoms with Crippen LogP contribution in [0.4, 0.5) is 0 Å². The lowest BCUT2D eigenvalue weighted by Crippen LogP contribution is -2.23. The van der Waals surface area contributed by atoms with Gasteiger partial charge in [-0.1, -0.05) is 11.2 Å². The number of phenols is 1.